The number of fused-ring (bicyclic) bond motifs is 1. The van der Waals surface area contributed by atoms with Gasteiger partial charge in [-0.2, -0.15) is 0 Å². The highest BCUT2D eigenvalue weighted by Crippen LogP contribution is 2.35. The van der Waals surface area contributed by atoms with Crippen LogP contribution in [0.1, 0.15) is 21.3 Å². The molecule has 0 spiro atoms. The Morgan fingerprint density at radius 2 is 2.00 bits per heavy atom. The highest BCUT2D eigenvalue weighted by molar-refractivity contribution is 7.93. The van der Waals surface area contributed by atoms with Gasteiger partial charge in [0.2, 0.25) is 5.91 Å². The van der Waals surface area contributed by atoms with Gasteiger partial charge in [-0.25, -0.2) is 17.8 Å². The molecule has 1 amide bonds. The number of sulfonamides is 1. The van der Waals surface area contributed by atoms with E-state index in [2.05, 4.69) is 14.6 Å². The van der Waals surface area contributed by atoms with Gasteiger partial charge < -0.3 is 9.80 Å². The van der Waals surface area contributed by atoms with Gasteiger partial charge in [-0.05, 0) is 61.2 Å². The third-order valence-corrected chi connectivity index (χ3v) is 8.31. The first-order valence-corrected chi connectivity index (χ1v) is 13.2. The van der Waals surface area contributed by atoms with Gasteiger partial charge in [0.25, 0.3) is 10.0 Å². The van der Waals surface area contributed by atoms with Crippen molar-refractivity contribution in [3.63, 3.8) is 0 Å². The predicted molar refractivity (Wildman–Crippen MR) is 131 cm³/mol. The number of hydrogen-bond acceptors (Lipinski definition) is 6. The number of aryl methyl sites for hydroxylation is 1. The van der Waals surface area contributed by atoms with Crippen molar-refractivity contribution in [3.05, 3.63) is 64.4 Å². The molecule has 1 N–H and O–H groups in total. The normalized spacial score (nSPS) is 18.5. The Kier molecular flexibility index (Phi) is 5.75. The molecule has 2 aromatic carbocycles. The molecule has 2 aliphatic heterocycles. The average Bonchev–Trinajstić information content (AvgIpc) is 3.42. The lowest BCUT2D eigenvalue weighted by Crippen LogP contribution is -2.44. The van der Waals surface area contributed by atoms with E-state index in [-0.39, 0.29) is 24.5 Å². The van der Waals surface area contributed by atoms with Crippen LogP contribution in [0.3, 0.4) is 0 Å². The molecule has 3 aromatic rings. The van der Waals surface area contributed by atoms with Crippen LogP contribution in [0, 0.1) is 5.82 Å². The number of amides is 1. The Balaban J connectivity index is 0.00000171. The number of aromatic nitrogens is 1. The van der Waals surface area contributed by atoms with Crippen molar-refractivity contribution in [2.45, 2.75) is 30.2 Å². The summed E-state index contributed by atoms with van der Waals surface area (Å²) in [7, 11) is -3.99. The van der Waals surface area contributed by atoms with Crippen molar-refractivity contribution in [1.82, 2.24) is 4.98 Å². The maximum Gasteiger partial charge on any atom is 0.263 e. The summed E-state index contributed by atoms with van der Waals surface area (Å²) in [5, 5.41) is 2.49. The number of halogens is 2. The summed E-state index contributed by atoms with van der Waals surface area (Å²) in [4.78, 5) is 20.4. The number of carbonyl (C=O) groups is 1. The number of anilines is 3. The van der Waals surface area contributed by atoms with Gasteiger partial charge in [0.05, 0.1) is 10.6 Å². The minimum absolute atomic E-state index is 0. The van der Waals surface area contributed by atoms with Gasteiger partial charge in [0.15, 0.2) is 5.13 Å². The molecule has 2 aliphatic rings. The minimum Gasteiger partial charge on any atom is -0.359 e. The third-order valence-electron chi connectivity index (χ3n) is 5.92. The lowest BCUT2D eigenvalue weighted by atomic mass is 9.99. The molecule has 1 atom stereocenters. The van der Waals surface area contributed by atoms with Gasteiger partial charge in [-0.15, -0.1) is 11.3 Å². The van der Waals surface area contributed by atoms with Gasteiger partial charge in [-0.3, -0.25) is 9.52 Å². The molecule has 0 saturated carbocycles. The molecule has 0 aliphatic carbocycles. The molecular formula is C22H24ClFN4O3S2. The summed E-state index contributed by atoms with van der Waals surface area (Å²) in [6.07, 6.45) is 3.82. The Labute approximate surface area is 202 Å². The number of nitrogens with zero attached hydrogens (tertiary/aromatic N) is 3. The maximum atomic E-state index is 15.0. The fraction of sp³-hybridized carbons (Fsp3) is 0.273. The number of carbonyl (C=O) groups excluding carboxylic acids is 1. The molecule has 1 aromatic heterocycles. The molecule has 0 radical (unpaired) electrons. The van der Waals surface area contributed by atoms with Crippen molar-refractivity contribution in [1.29, 1.82) is 0 Å². The molecule has 5 rings (SSSR count). The fourth-order valence-electron chi connectivity index (χ4n) is 4.43. The minimum atomic E-state index is -3.99. The first kappa shape index (κ1) is 22.1. The second-order valence-corrected chi connectivity index (χ2v) is 10.9. The van der Waals surface area contributed by atoms with Gasteiger partial charge in [-0.1, -0.05) is 11.6 Å². The zero-order chi connectivity index (χ0) is 23.2. The molecule has 0 unspecified atom stereocenters. The SMILES string of the molecule is O=C1[C@H](N2CCCc3cc(Cl)ccc32)CCN1c1ccc(S(=O)(=O)Nc2nccs2)cc1F.[HH].[HH]. The van der Waals surface area contributed by atoms with Gasteiger partial charge in [0.1, 0.15) is 11.9 Å². The Morgan fingerprint density at radius 1 is 1.18 bits per heavy atom. The van der Waals surface area contributed by atoms with Crippen LogP contribution >= 0.6 is 22.9 Å². The topological polar surface area (TPSA) is 82.6 Å². The van der Waals surface area contributed by atoms with Crippen LogP contribution < -0.4 is 14.5 Å². The zero-order valence-electron chi connectivity index (χ0n) is 17.4. The molecule has 7 nitrogen and oxygen atoms in total. The van der Waals surface area contributed by atoms with E-state index in [0.29, 0.717) is 18.0 Å². The van der Waals surface area contributed by atoms with E-state index in [0.717, 1.165) is 48.0 Å². The van der Waals surface area contributed by atoms with Crippen LogP contribution in [0.4, 0.5) is 20.9 Å². The maximum absolute atomic E-state index is 15.0. The molecule has 33 heavy (non-hydrogen) atoms. The van der Waals surface area contributed by atoms with E-state index in [9.17, 15) is 13.2 Å². The Bertz CT molecular complexity index is 1330. The quantitative estimate of drug-likeness (QED) is 0.533. The van der Waals surface area contributed by atoms with Crippen LogP contribution in [0.15, 0.2) is 52.9 Å². The summed E-state index contributed by atoms with van der Waals surface area (Å²) >= 11 is 7.25. The van der Waals surface area contributed by atoms with Crippen molar-refractivity contribution in [3.8, 4) is 0 Å². The van der Waals surface area contributed by atoms with Gasteiger partial charge in [0, 0.05) is 38.2 Å². The molecule has 176 valence electrons. The Morgan fingerprint density at radius 3 is 2.76 bits per heavy atom. The molecular weight excluding hydrogens is 487 g/mol. The predicted octanol–water partition coefficient (Wildman–Crippen LogP) is 4.79. The van der Waals surface area contributed by atoms with Crippen molar-refractivity contribution >= 4 is 55.4 Å². The lowest BCUT2D eigenvalue weighted by molar-refractivity contribution is -0.118. The summed E-state index contributed by atoms with van der Waals surface area (Å²) < 4.78 is 42.4. The number of nitrogens with one attached hydrogen (secondary N) is 1. The van der Waals surface area contributed by atoms with E-state index in [1.807, 2.05) is 18.2 Å². The molecule has 1 saturated heterocycles. The van der Waals surface area contributed by atoms with Crippen LogP contribution in [-0.2, 0) is 21.2 Å². The lowest BCUT2D eigenvalue weighted by Gasteiger charge is -2.35. The second kappa shape index (κ2) is 8.58. The van der Waals surface area contributed by atoms with E-state index in [1.54, 1.807) is 5.38 Å². The molecule has 1 fully saturated rings. The average molecular weight is 511 g/mol. The highest BCUT2D eigenvalue weighted by atomic mass is 35.5. The van der Waals surface area contributed by atoms with E-state index >= 15 is 4.39 Å². The van der Waals surface area contributed by atoms with Crippen molar-refractivity contribution < 1.29 is 20.5 Å². The van der Waals surface area contributed by atoms with E-state index < -0.39 is 21.9 Å². The number of benzene rings is 2. The fourth-order valence-corrected chi connectivity index (χ4v) is 6.43. The number of rotatable bonds is 5. The summed E-state index contributed by atoms with van der Waals surface area (Å²) in [5.74, 6) is -0.968. The van der Waals surface area contributed by atoms with Crippen LogP contribution in [0.5, 0.6) is 0 Å². The standard InChI is InChI=1S/C22H20ClFN4O3S2.2H2/c23-15-3-5-18-14(12-15)2-1-9-27(18)20-7-10-28(21(20)29)19-6-4-16(13-17(19)24)33(30,31)26-22-25-8-11-32-22;;/h3-6,8,11-13,20H,1-2,7,9-10H2,(H,25,26);2*1H/t20-;;/m1../s1. The van der Waals surface area contributed by atoms with E-state index in [4.69, 9.17) is 11.6 Å². The smallest absolute Gasteiger partial charge is 0.263 e. The molecule has 0 bridgehead atoms. The first-order valence-electron chi connectivity index (χ1n) is 10.4. The van der Waals surface area contributed by atoms with Crippen molar-refractivity contribution in [2.75, 3.05) is 27.6 Å². The summed E-state index contributed by atoms with van der Waals surface area (Å²) in [6, 6.07) is 8.85. The number of thiazole rings is 1. The summed E-state index contributed by atoms with van der Waals surface area (Å²) in [6.45, 7) is 1.09. The number of hydrogen-bond donors (Lipinski definition) is 1. The largest absolute Gasteiger partial charge is 0.359 e. The second-order valence-electron chi connectivity index (χ2n) is 7.92. The molecule has 3 heterocycles. The van der Waals surface area contributed by atoms with Crippen molar-refractivity contribution in [2.24, 2.45) is 0 Å². The first-order chi connectivity index (χ1) is 15.8. The monoisotopic (exact) mass is 510 g/mol. The van der Waals surface area contributed by atoms with Crippen LogP contribution in [-0.4, -0.2) is 38.4 Å². The highest BCUT2D eigenvalue weighted by Gasteiger charge is 2.39. The van der Waals surface area contributed by atoms with Gasteiger partial charge >= 0.3 is 0 Å². The summed E-state index contributed by atoms with van der Waals surface area (Å²) in [5.41, 5.74) is 2.17. The zero-order valence-corrected chi connectivity index (χ0v) is 19.8. The molecule has 11 heteroatoms. The van der Waals surface area contributed by atoms with E-state index in [1.165, 1.54) is 23.2 Å². The Hall–Kier alpha value is -2.69. The van der Waals surface area contributed by atoms with Crippen LogP contribution in [0.2, 0.25) is 5.02 Å². The third kappa shape index (κ3) is 4.18. The van der Waals surface area contributed by atoms with Crippen LogP contribution in [0.25, 0.3) is 0 Å².